The van der Waals surface area contributed by atoms with Gasteiger partial charge < -0.3 is 0 Å². The zero-order valence-electron chi connectivity index (χ0n) is 13.9. The lowest BCUT2D eigenvalue weighted by Crippen LogP contribution is -2.45. The first-order valence-electron chi connectivity index (χ1n) is 8.89. The van der Waals surface area contributed by atoms with E-state index in [1.807, 2.05) is 6.92 Å². The number of hydrogen-bond donors (Lipinski definition) is 0. The molecule has 2 aliphatic heterocycles. The molecule has 2 nitrogen and oxygen atoms in total. The summed E-state index contributed by atoms with van der Waals surface area (Å²) in [5.41, 5.74) is 2.58. The molecule has 3 rings (SSSR count). The summed E-state index contributed by atoms with van der Waals surface area (Å²) in [5.74, 6) is 6.14. The van der Waals surface area contributed by atoms with Gasteiger partial charge in [0.15, 0.2) is 0 Å². The molecular formula is C20H28N2. The van der Waals surface area contributed by atoms with Gasteiger partial charge in [0.25, 0.3) is 0 Å². The largest absolute Gasteiger partial charge is 0.284 e. The van der Waals surface area contributed by atoms with Crippen LogP contribution in [0.1, 0.15) is 62.7 Å². The van der Waals surface area contributed by atoms with Gasteiger partial charge in [0.05, 0.1) is 6.17 Å². The van der Waals surface area contributed by atoms with Gasteiger partial charge in [-0.3, -0.25) is 9.80 Å². The number of piperidine rings is 2. The third kappa shape index (κ3) is 3.72. The smallest absolute Gasteiger partial charge is 0.0886 e. The number of rotatable bonds is 3. The summed E-state index contributed by atoms with van der Waals surface area (Å²) in [6.07, 6.45) is 8.67. The van der Waals surface area contributed by atoms with Crippen LogP contribution in [0.4, 0.5) is 0 Å². The molecule has 0 N–H and O–H groups in total. The van der Waals surface area contributed by atoms with Crippen LogP contribution in [0.2, 0.25) is 0 Å². The first-order chi connectivity index (χ1) is 10.9. The number of likely N-dealkylation sites (tertiary alicyclic amines) is 2. The Balaban J connectivity index is 1.83. The van der Waals surface area contributed by atoms with Gasteiger partial charge in [-0.2, -0.15) is 0 Å². The minimum atomic E-state index is 0.476. The van der Waals surface area contributed by atoms with E-state index < -0.39 is 0 Å². The topological polar surface area (TPSA) is 6.48 Å². The van der Waals surface area contributed by atoms with Crippen molar-refractivity contribution >= 4 is 0 Å². The molecule has 118 valence electrons. The van der Waals surface area contributed by atoms with Crippen molar-refractivity contribution in [2.75, 3.05) is 26.2 Å². The van der Waals surface area contributed by atoms with Gasteiger partial charge in [0.2, 0.25) is 0 Å². The van der Waals surface area contributed by atoms with Gasteiger partial charge in [0.1, 0.15) is 0 Å². The molecule has 0 amide bonds. The summed E-state index contributed by atoms with van der Waals surface area (Å²) in [6.45, 7) is 6.89. The molecule has 0 spiro atoms. The zero-order chi connectivity index (χ0) is 15.2. The summed E-state index contributed by atoms with van der Waals surface area (Å²) in [5, 5.41) is 0. The monoisotopic (exact) mass is 296 g/mol. The fraction of sp³-hybridized carbons (Fsp3) is 0.600. The quantitative estimate of drug-likeness (QED) is 0.777. The Morgan fingerprint density at radius 3 is 1.73 bits per heavy atom. The highest BCUT2D eigenvalue weighted by molar-refractivity contribution is 5.36. The van der Waals surface area contributed by atoms with E-state index in [-0.39, 0.29) is 0 Å². The minimum absolute atomic E-state index is 0.476. The Bertz CT molecular complexity index is 493. The van der Waals surface area contributed by atoms with Crippen LogP contribution in [0.5, 0.6) is 0 Å². The summed E-state index contributed by atoms with van der Waals surface area (Å²) in [6, 6.07) is 8.97. The maximum absolute atomic E-state index is 3.16. The van der Waals surface area contributed by atoms with Crippen molar-refractivity contribution in [3.63, 3.8) is 0 Å². The van der Waals surface area contributed by atoms with Crippen LogP contribution in [0, 0.1) is 11.8 Å². The number of hydrogen-bond acceptors (Lipinski definition) is 2. The first-order valence-corrected chi connectivity index (χ1v) is 8.89. The van der Waals surface area contributed by atoms with Gasteiger partial charge in [-0.25, -0.2) is 0 Å². The summed E-state index contributed by atoms with van der Waals surface area (Å²) in [7, 11) is 0. The van der Waals surface area contributed by atoms with Gasteiger partial charge >= 0.3 is 0 Å². The lowest BCUT2D eigenvalue weighted by atomic mass is 10.0. The van der Waals surface area contributed by atoms with Crippen LogP contribution in [0.25, 0.3) is 0 Å². The van der Waals surface area contributed by atoms with Gasteiger partial charge in [-0.1, -0.05) is 30.9 Å². The van der Waals surface area contributed by atoms with Crippen molar-refractivity contribution in [1.29, 1.82) is 0 Å². The van der Waals surface area contributed by atoms with E-state index in [9.17, 15) is 0 Å². The first kappa shape index (κ1) is 15.6. The van der Waals surface area contributed by atoms with E-state index >= 15 is 0 Å². The highest BCUT2D eigenvalue weighted by atomic mass is 15.4. The summed E-state index contributed by atoms with van der Waals surface area (Å²) >= 11 is 0. The molecule has 0 atom stereocenters. The van der Waals surface area contributed by atoms with Crippen molar-refractivity contribution in [3.05, 3.63) is 35.4 Å². The molecule has 2 heterocycles. The normalized spacial score (nSPS) is 20.6. The highest BCUT2D eigenvalue weighted by Gasteiger charge is 2.28. The zero-order valence-corrected chi connectivity index (χ0v) is 13.9. The molecule has 0 unspecified atom stereocenters. The molecule has 2 aliphatic rings. The average Bonchev–Trinajstić information content (AvgIpc) is 2.59. The lowest BCUT2D eigenvalue weighted by molar-refractivity contribution is 0.0156. The van der Waals surface area contributed by atoms with E-state index in [0.717, 1.165) is 5.56 Å². The van der Waals surface area contributed by atoms with Gasteiger partial charge in [-0.15, -0.1) is 5.92 Å². The van der Waals surface area contributed by atoms with Crippen molar-refractivity contribution in [2.45, 2.75) is 51.6 Å². The Morgan fingerprint density at radius 2 is 1.27 bits per heavy atom. The maximum Gasteiger partial charge on any atom is 0.0886 e. The second kappa shape index (κ2) is 7.81. The molecule has 1 aromatic carbocycles. The van der Waals surface area contributed by atoms with E-state index in [1.54, 1.807) is 0 Å². The molecule has 0 bridgehead atoms. The van der Waals surface area contributed by atoms with Crippen molar-refractivity contribution in [2.24, 2.45) is 0 Å². The van der Waals surface area contributed by atoms with Crippen LogP contribution in [-0.4, -0.2) is 36.0 Å². The lowest BCUT2D eigenvalue weighted by Gasteiger charge is -2.43. The van der Waals surface area contributed by atoms with Crippen LogP contribution >= 0.6 is 0 Å². The minimum Gasteiger partial charge on any atom is -0.284 e. The van der Waals surface area contributed by atoms with Crippen molar-refractivity contribution < 1.29 is 0 Å². The Morgan fingerprint density at radius 1 is 0.773 bits per heavy atom. The van der Waals surface area contributed by atoms with E-state index in [1.165, 1.54) is 70.3 Å². The molecule has 1 aromatic rings. The van der Waals surface area contributed by atoms with Crippen molar-refractivity contribution in [3.8, 4) is 11.8 Å². The third-order valence-electron chi connectivity index (χ3n) is 4.95. The Hall–Kier alpha value is -1.30. The second-order valence-corrected chi connectivity index (χ2v) is 6.56. The maximum atomic E-state index is 3.16. The molecule has 2 fully saturated rings. The Labute approximate surface area is 135 Å². The summed E-state index contributed by atoms with van der Waals surface area (Å²) < 4.78 is 0. The van der Waals surface area contributed by atoms with Crippen LogP contribution < -0.4 is 0 Å². The predicted octanol–water partition coefficient (Wildman–Crippen LogP) is 4.03. The SMILES string of the molecule is CC#Cc1ccc(C(N2CCCCC2)N2CCCCC2)cc1. The molecule has 0 aliphatic carbocycles. The fourth-order valence-electron chi connectivity index (χ4n) is 3.86. The molecule has 22 heavy (non-hydrogen) atoms. The standard InChI is InChI=1S/C20H28N2/c1-2-9-18-10-12-19(13-11-18)20(21-14-5-3-6-15-21)22-16-7-4-8-17-22/h10-13,20H,3-8,14-17H2,1H3. The van der Waals surface area contributed by atoms with Crippen LogP contribution in [0.3, 0.4) is 0 Å². The highest BCUT2D eigenvalue weighted by Crippen LogP contribution is 2.30. The van der Waals surface area contributed by atoms with Crippen LogP contribution in [0.15, 0.2) is 24.3 Å². The molecule has 0 aromatic heterocycles. The molecule has 0 saturated carbocycles. The predicted molar refractivity (Wildman–Crippen MR) is 92.6 cm³/mol. The Kier molecular flexibility index (Phi) is 5.53. The number of benzene rings is 1. The average molecular weight is 296 g/mol. The fourth-order valence-corrected chi connectivity index (χ4v) is 3.86. The van der Waals surface area contributed by atoms with E-state index in [2.05, 4.69) is 45.9 Å². The van der Waals surface area contributed by atoms with Gasteiger partial charge in [0, 0.05) is 5.56 Å². The van der Waals surface area contributed by atoms with Crippen LogP contribution in [-0.2, 0) is 0 Å². The molecule has 0 radical (unpaired) electrons. The second-order valence-electron chi connectivity index (χ2n) is 6.56. The van der Waals surface area contributed by atoms with E-state index in [4.69, 9.17) is 0 Å². The summed E-state index contributed by atoms with van der Waals surface area (Å²) in [4.78, 5) is 5.41. The van der Waals surface area contributed by atoms with Crippen molar-refractivity contribution in [1.82, 2.24) is 9.80 Å². The molecular weight excluding hydrogens is 268 g/mol. The van der Waals surface area contributed by atoms with E-state index in [0.29, 0.717) is 6.17 Å². The number of nitrogens with zero attached hydrogens (tertiary/aromatic N) is 2. The molecule has 2 saturated heterocycles. The third-order valence-corrected chi connectivity index (χ3v) is 4.95. The van der Waals surface area contributed by atoms with Gasteiger partial charge in [-0.05, 0) is 76.5 Å². The molecule has 2 heteroatoms.